The Kier molecular flexibility index (Phi) is 9.92. The van der Waals surface area contributed by atoms with Gasteiger partial charge in [-0.05, 0) is 93.4 Å². The summed E-state index contributed by atoms with van der Waals surface area (Å²) in [6.45, 7) is 1.54. The Morgan fingerprint density at radius 1 is 0.520 bits per heavy atom. The van der Waals surface area contributed by atoms with Crippen molar-refractivity contribution < 1.29 is 28.7 Å². The zero-order valence-corrected chi connectivity index (χ0v) is 28.8. The molecule has 0 N–H and O–H groups in total. The van der Waals surface area contributed by atoms with E-state index in [1.165, 1.54) is 54.3 Å². The van der Waals surface area contributed by atoms with Gasteiger partial charge in [0.2, 0.25) is 10.5 Å². The Labute approximate surface area is 300 Å². The van der Waals surface area contributed by atoms with Crippen LogP contribution in [-0.4, -0.2) is 70.9 Å². The predicted octanol–water partition coefficient (Wildman–Crippen LogP) is 8.33. The van der Waals surface area contributed by atoms with Gasteiger partial charge in [0.05, 0.1) is 0 Å². The van der Waals surface area contributed by atoms with Gasteiger partial charge < -0.3 is 9.47 Å². The number of hydrogen-bond acceptors (Lipinski definition) is 6. The van der Waals surface area contributed by atoms with Crippen LogP contribution in [0.1, 0.15) is 59.8 Å². The van der Waals surface area contributed by atoms with Crippen LogP contribution in [0.5, 0.6) is 0 Å². The number of likely N-dealkylation sites (tertiary alicyclic amines) is 2. The zero-order valence-electron chi connectivity index (χ0n) is 27.3. The molecule has 2 atom stereocenters. The van der Waals surface area contributed by atoms with Gasteiger partial charge in [0.1, 0.15) is 25.3 Å². The Balaban J connectivity index is 0.000000157. The lowest BCUT2D eigenvalue weighted by Crippen LogP contribution is -2.39. The van der Waals surface area contributed by atoms with Gasteiger partial charge in [0.15, 0.2) is 0 Å². The van der Waals surface area contributed by atoms with Crippen molar-refractivity contribution in [1.82, 2.24) is 9.80 Å². The molecule has 0 saturated carbocycles. The highest BCUT2D eigenvalue weighted by molar-refractivity contribution is 6.65. The first-order valence-corrected chi connectivity index (χ1v) is 17.7. The molecule has 2 heterocycles. The van der Waals surface area contributed by atoms with Gasteiger partial charge in [-0.3, -0.25) is 19.4 Å². The minimum atomic E-state index is -0.558. The Morgan fingerprint density at radius 2 is 0.820 bits per heavy atom. The number of hydrogen-bond donors (Lipinski definition) is 0. The zero-order chi connectivity index (χ0) is 34.8. The molecule has 2 fully saturated rings. The molecule has 2 saturated heterocycles. The van der Waals surface area contributed by atoms with E-state index in [4.69, 9.17) is 32.7 Å². The first-order chi connectivity index (χ1) is 24.3. The quantitative estimate of drug-likeness (QED) is 0.187. The molecular formula is C40H36Cl2N2O6. The molecule has 4 aromatic carbocycles. The van der Waals surface area contributed by atoms with Crippen molar-refractivity contribution >= 4 is 45.9 Å². The second-order valence-corrected chi connectivity index (χ2v) is 13.7. The molecule has 2 amide bonds. The largest absolute Gasteiger partial charge is 0.448 e. The van der Waals surface area contributed by atoms with Crippen LogP contribution in [0.25, 0.3) is 22.3 Å². The number of benzene rings is 4. The molecule has 4 aliphatic rings. The van der Waals surface area contributed by atoms with E-state index >= 15 is 0 Å². The number of ether oxygens (including phenoxy) is 2. The smallest absolute Gasteiger partial charge is 0.410 e. The van der Waals surface area contributed by atoms with Gasteiger partial charge >= 0.3 is 12.2 Å². The van der Waals surface area contributed by atoms with Crippen LogP contribution in [0, 0.1) is 0 Å². The van der Waals surface area contributed by atoms with Crippen molar-refractivity contribution in [2.24, 2.45) is 0 Å². The summed E-state index contributed by atoms with van der Waals surface area (Å²) in [4.78, 5) is 50.7. The summed E-state index contributed by atoms with van der Waals surface area (Å²) in [6.07, 6.45) is 1.83. The fourth-order valence-electron chi connectivity index (χ4n) is 7.80. The lowest BCUT2D eigenvalue weighted by atomic mass is 9.98. The van der Waals surface area contributed by atoms with Crippen molar-refractivity contribution in [2.45, 2.75) is 49.6 Å². The van der Waals surface area contributed by atoms with Gasteiger partial charge in [-0.15, -0.1) is 0 Å². The molecule has 10 heteroatoms. The summed E-state index contributed by atoms with van der Waals surface area (Å²) in [5.41, 5.74) is 9.43. The number of amides is 2. The number of rotatable bonds is 6. The maximum atomic E-state index is 12.4. The van der Waals surface area contributed by atoms with Crippen LogP contribution in [0.3, 0.4) is 0 Å². The summed E-state index contributed by atoms with van der Waals surface area (Å²) in [5.74, 6) is 0.0354. The lowest BCUT2D eigenvalue weighted by molar-refractivity contribution is -0.116. The minimum Gasteiger partial charge on any atom is -0.448 e. The van der Waals surface area contributed by atoms with Gasteiger partial charge in [-0.25, -0.2) is 9.59 Å². The molecule has 0 unspecified atom stereocenters. The SMILES string of the molecule is O=C(Cl)[C@@H]1CCCN1C(=O)OCC1c2ccccc2-c2ccccc21.O=C(Cl)[C@H]1CCCN1C(=O)OCC1c2ccccc2-c2ccccc21. The minimum absolute atomic E-state index is 0.0177. The molecule has 8 rings (SSSR count). The predicted molar refractivity (Wildman–Crippen MR) is 191 cm³/mol. The van der Waals surface area contributed by atoms with Crippen molar-refractivity contribution in [3.8, 4) is 22.3 Å². The monoisotopic (exact) mass is 710 g/mol. The van der Waals surface area contributed by atoms with Crippen molar-refractivity contribution in [3.63, 3.8) is 0 Å². The van der Waals surface area contributed by atoms with E-state index in [1.807, 2.05) is 48.5 Å². The molecule has 4 aromatic rings. The second-order valence-electron chi connectivity index (χ2n) is 12.9. The van der Waals surface area contributed by atoms with Crippen molar-refractivity contribution in [1.29, 1.82) is 0 Å². The summed E-state index contributed by atoms with van der Waals surface area (Å²) in [6, 6.07) is 31.7. The van der Waals surface area contributed by atoms with Crippen LogP contribution in [-0.2, 0) is 19.1 Å². The number of carbonyl (C=O) groups is 4. The Morgan fingerprint density at radius 3 is 1.12 bits per heavy atom. The molecule has 0 radical (unpaired) electrons. The highest BCUT2D eigenvalue weighted by Gasteiger charge is 2.37. The number of halogens is 2. The van der Waals surface area contributed by atoms with Crippen LogP contribution < -0.4 is 0 Å². The van der Waals surface area contributed by atoms with Crippen molar-refractivity contribution in [2.75, 3.05) is 26.3 Å². The number of nitrogens with zero attached hydrogens (tertiary/aromatic N) is 2. The molecule has 2 aliphatic heterocycles. The van der Waals surface area contributed by atoms with E-state index in [9.17, 15) is 19.2 Å². The first-order valence-electron chi connectivity index (χ1n) is 17.0. The van der Waals surface area contributed by atoms with Crippen LogP contribution in [0.4, 0.5) is 9.59 Å². The molecule has 0 bridgehead atoms. The third kappa shape index (κ3) is 6.50. The second kappa shape index (κ2) is 14.7. The Bertz CT molecular complexity index is 1720. The standard InChI is InChI=1S/2C20H18ClNO3/c2*21-19(23)18-10-5-11-22(18)20(24)25-12-17-15-8-3-1-6-13(15)14-7-2-4-9-16(14)17/h2*1-4,6-9,17-18H,5,10-12H2/t2*18-/m10/s1. The first kappa shape index (κ1) is 33.8. The van der Waals surface area contributed by atoms with Gasteiger partial charge in [0.25, 0.3) is 0 Å². The van der Waals surface area contributed by atoms with E-state index < -0.39 is 34.8 Å². The fraction of sp³-hybridized carbons (Fsp3) is 0.300. The molecule has 0 aromatic heterocycles. The van der Waals surface area contributed by atoms with Crippen LogP contribution in [0.2, 0.25) is 0 Å². The van der Waals surface area contributed by atoms with E-state index in [2.05, 4.69) is 48.5 Å². The van der Waals surface area contributed by atoms with E-state index in [-0.39, 0.29) is 25.0 Å². The van der Waals surface area contributed by atoms with Gasteiger partial charge in [0, 0.05) is 24.9 Å². The molecule has 2 aliphatic carbocycles. The molecular weight excluding hydrogens is 675 g/mol. The highest BCUT2D eigenvalue weighted by Crippen LogP contribution is 2.46. The fourth-order valence-corrected chi connectivity index (χ4v) is 8.25. The molecule has 50 heavy (non-hydrogen) atoms. The third-order valence-corrected chi connectivity index (χ3v) is 10.7. The summed E-state index contributed by atoms with van der Waals surface area (Å²) < 4.78 is 11.2. The van der Waals surface area contributed by atoms with Gasteiger partial charge in [-0.2, -0.15) is 0 Å². The maximum absolute atomic E-state index is 12.4. The number of carbonyl (C=O) groups excluding carboxylic acids is 4. The van der Waals surface area contributed by atoms with Crippen LogP contribution >= 0.6 is 23.2 Å². The maximum Gasteiger partial charge on any atom is 0.410 e. The normalized spacial score (nSPS) is 18.8. The lowest BCUT2D eigenvalue weighted by Gasteiger charge is -2.22. The third-order valence-electron chi connectivity index (χ3n) is 10.2. The molecule has 8 nitrogen and oxygen atoms in total. The van der Waals surface area contributed by atoms with Gasteiger partial charge in [-0.1, -0.05) is 97.1 Å². The van der Waals surface area contributed by atoms with Crippen LogP contribution in [0.15, 0.2) is 97.1 Å². The molecule has 256 valence electrons. The van der Waals surface area contributed by atoms with E-state index in [1.54, 1.807) is 0 Å². The average molecular weight is 712 g/mol. The van der Waals surface area contributed by atoms with Crippen molar-refractivity contribution in [3.05, 3.63) is 119 Å². The van der Waals surface area contributed by atoms with E-state index in [0.29, 0.717) is 25.9 Å². The Hall–Kier alpha value is -4.66. The average Bonchev–Trinajstić information content (AvgIpc) is 3.94. The highest BCUT2D eigenvalue weighted by atomic mass is 35.5. The van der Waals surface area contributed by atoms with E-state index in [0.717, 1.165) is 12.8 Å². The molecule has 0 spiro atoms. The summed E-state index contributed by atoms with van der Waals surface area (Å²) >= 11 is 11.2. The topological polar surface area (TPSA) is 93.2 Å². The summed E-state index contributed by atoms with van der Waals surface area (Å²) in [7, 11) is 0. The number of fused-ring (bicyclic) bond motifs is 6. The summed E-state index contributed by atoms with van der Waals surface area (Å²) in [5, 5.41) is -0.989.